The summed E-state index contributed by atoms with van der Waals surface area (Å²) in [6, 6.07) is 8.72. The molecule has 0 radical (unpaired) electrons. The Morgan fingerprint density at radius 1 is 1.32 bits per heavy atom. The van der Waals surface area contributed by atoms with Gasteiger partial charge in [-0.15, -0.1) is 0 Å². The van der Waals surface area contributed by atoms with Gasteiger partial charge in [0.2, 0.25) is 5.75 Å². The fourth-order valence-electron chi connectivity index (χ4n) is 1.57. The summed E-state index contributed by atoms with van der Waals surface area (Å²) in [5.41, 5.74) is 0.509. The Morgan fingerprint density at radius 2 is 2.05 bits per heavy atom. The first kappa shape index (κ1) is 13.5. The number of halogens is 2. The maximum absolute atomic E-state index is 13.1. The van der Waals surface area contributed by atoms with Gasteiger partial charge in [0.15, 0.2) is 0 Å². The lowest BCUT2D eigenvalue weighted by Gasteiger charge is -2.09. The molecule has 0 aliphatic rings. The summed E-state index contributed by atoms with van der Waals surface area (Å²) < 4.78 is 18.8. The van der Waals surface area contributed by atoms with E-state index in [1.807, 2.05) is 0 Å². The Labute approximate surface area is 117 Å². The van der Waals surface area contributed by atoms with Crippen LogP contribution in [0.1, 0.15) is 5.56 Å². The topological polar surface area (TPSA) is 52.4 Å². The standard InChI is InChI=1S/C13H9BrFNO3/c1-8-3-2-4-12(16(17)18)13(8)19-9-5-6-11(15)10(14)7-9/h2-7H,1H3. The number of aryl methyl sites for hydroxylation is 1. The molecule has 2 aromatic carbocycles. The predicted octanol–water partition coefficient (Wildman–Crippen LogP) is 4.60. The number of nitro groups is 1. The number of hydrogen-bond donors (Lipinski definition) is 0. The molecule has 0 amide bonds. The number of ether oxygens (including phenoxy) is 1. The molecule has 0 aliphatic carbocycles. The van der Waals surface area contributed by atoms with Crippen LogP contribution in [0.15, 0.2) is 40.9 Å². The molecule has 19 heavy (non-hydrogen) atoms. The van der Waals surface area contributed by atoms with Gasteiger partial charge in [-0.2, -0.15) is 0 Å². The van der Waals surface area contributed by atoms with Crippen molar-refractivity contribution in [2.45, 2.75) is 6.92 Å². The van der Waals surface area contributed by atoms with E-state index in [9.17, 15) is 14.5 Å². The molecule has 4 nitrogen and oxygen atoms in total. The van der Waals surface area contributed by atoms with Crippen LogP contribution in [0.5, 0.6) is 11.5 Å². The fourth-order valence-corrected chi connectivity index (χ4v) is 1.93. The quantitative estimate of drug-likeness (QED) is 0.612. The zero-order chi connectivity index (χ0) is 14.0. The van der Waals surface area contributed by atoms with Crippen molar-refractivity contribution in [3.63, 3.8) is 0 Å². The van der Waals surface area contributed by atoms with Crippen LogP contribution in [0, 0.1) is 22.9 Å². The Bertz CT molecular complexity index is 646. The molecule has 0 bridgehead atoms. The molecule has 6 heteroatoms. The van der Waals surface area contributed by atoms with Crippen LogP contribution in [0.3, 0.4) is 0 Å². The van der Waals surface area contributed by atoms with Crippen molar-refractivity contribution in [3.8, 4) is 11.5 Å². The second-order valence-electron chi connectivity index (χ2n) is 3.86. The SMILES string of the molecule is Cc1cccc([N+](=O)[O-])c1Oc1ccc(F)c(Br)c1. The van der Waals surface area contributed by atoms with Crippen molar-refractivity contribution in [2.24, 2.45) is 0 Å². The average Bonchev–Trinajstić information content (AvgIpc) is 2.36. The second kappa shape index (κ2) is 5.36. The van der Waals surface area contributed by atoms with Gasteiger partial charge in [-0.25, -0.2) is 4.39 Å². The lowest BCUT2D eigenvalue weighted by atomic mass is 10.2. The van der Waals surface area contributed by atoms with Crippen molar-refractivity contribution < 1.29 is 14.1 Å². The molecule has 0 saturated carbocycles. The highest BCUT2D eigenvalue weighted by atomic mass is 79.9. The van der Waals surface area contributed by atoms with Crippen molar-refractivity contribution in [2.75, 3.05) is 0 Å². The van der Waals surface area contributed by atoms with E-state index in [0.29, 0.717) is 11.3 Å². The molecule has 98 valence electrons. The number of nitro benzene ring substituents is 1. The predicted molar refractivity (Wildman–Crippen MR) is 72.0 cm³/mol. The average molecular weight is 326 g/mol. The first-order valence-electron chi connectivity index (χ1n) is 5.36. The number of rotatable bonds is 3. The van der Waals surface area contributed by atoms with E-state index in [2.05, 4.69) is 15.9 Å². The van der Waals surface area contributed by atoms with E-state index in [1.165, 1.54) is 24.3 Å². The Balaban J connectivity index is 2.42. The number of hydrogen-bond acceptors (Lipinski definition) is 3. The molecule has 2 aromatic rings. The molecule has 0 atom stereocenters. The lowest BCUT2D eigenvalue weighted by Crippen LogP contribution is -1.95. The molecular formula is C13H9BrFNO3. The normalized spacial score (nSPS) is 10.3. The van der Waals surface area contributed by atoms with Gasteiger partial charge in [0.25, 0.3) is 0 Å². The first-order chi connectivity index (χ1) is 8.99. The number of nitrogens with zero attached hydrogens (tertiary/aromatic N) is 1. The highest BCUT2D eigenvalue weighted by molar-refractivity contribution is 9.10. The maximum atomic E-state index is 13.1. The zero-order valence-corrected chi connectivity index (χ0v) is 11.5. The minimum Gasteiger partial charge on any atom is -0.450 e. The van der Waals surface area contributed by atoms with Gasteiger partial charge in [0, 0.05) is 6.07 Å². The van der Waals surface area contributed by atoms with Crippen LogP contribution < -0.4 is 4.74 Å². The van der Waals surface area contributed by atoms with Gasteiger partial charge in [-0.05, 0) is 46.6 Å². The second-order valence-corrected chi connectivity index (χ2v) is 4.71. The van der Waals surface area contributed by atoms with Crippen molar-refractivity contribution in [1.29, 1.82) is 0 Å². The van der Waals surface area contributed by atoms with E-state index in [0.717, 1.165) is 0 Å². The Morgan fingerprint density at radius 3 is 2.68 bits per heavy atom. The van der Waals surface area contributed by atoms with Gasteiger partial charge in [0.05, 0.1) is 9.40 Å². The van der Waals surface area contributed by atoms with Gasteiger partial charge in [-0.1, -0.05) is 12.1 Å². The highest BCUT2D eigenvalue weighted by Gasteiger charge is 2.18. The number of para-hydroxylation sites is 1. The summed E-state index contributed by atoms with van der Waals surface area (Å²) in [5, 5.41) is 10.9. The molecule has 0 aliphatic heterocycles. The fraction of sp³-hybridized carbons (Fsp3) is 0.0769. The minimum atomic E-state index is -0.513. The van der Waals surface area contributed by atoms with Crippen LogP contribution in [0.4, 0.5) is 10.1 Å². The minimum absolute atomic E-state index is 0.125. The van der Waals surface area contributed by atoms with Gasteiger partial charge in [0.1, 0.15) is 11.6 Å². The molecule has 0 fully saturated rings. The highest BCUT2D eigenvalue weighted by Crippen LogP contribution is 2.35. The van der Waals surface area contributed by atoms with Gasteiger partial charge >= 0.3 is 5.69 Å². The van der Waals surface area contributed by atoms with E-state index in [4.69, 9.17) is 4.74 Å². The van der Waals surface area contributed by atoms with Crippen LogP contribution in [-0.4, -0.2) is 4.92 Å². The summed E-state index contributed by atoms with van der Waals surface area (Å²) in [5.74, 6) is 0.0586. The maximum Gasteiger partial charge on any atom is 0.311 e. The molecule has 0 N–H and O–H groups in total. The molecule has 0 heterocycles. The van der Waals surface area contributed by atoms with E-state index in [1.54, 1.807) is 19.1 Å². The van der Waals surface area contributed by atoms with E-state index >= 15 is 0 Å². The smallest absolute Gasteiger partial charge is 0.311 e. The Hall–Kier alpha value is -1.95. The van der Waals surface area contributed by atoms with Crippen molar-refractivity contribution in [1.82, 2.24) is 0 Å². The van der Waals surface area contributed by atoms with Crippen molar-refractivity contribution in [3.05, 3.63) is 62.4 Å². The van der Waals surface area contributed by atoms with E-state index < -0.39 is 10.7 Å². The molecule has 2 rings (SSSR count). The van der Waals surface area contributed by atoms with Crippen LogP contribution in [-0.2, 0) is 0 Å². The van der Waals surface area contributed by atoms with Gasteiger partial charge < -0.3 is 4.74 Å². The zero-order valence-electron chi connectivity index (χ0n) is 9.89. The first-order valence-corrected chi connectivity index (χ1v) is 6.15. The van der Waals surface area contributed by atoms with E-state index in [-0.39, 0.29) is 15.9 Å². The largest absolute Gasteiger partial charge is 0.450 e. The summed E-state index contributed by atoms with van der Waals surface area (Å²) in [6.45, 7) is 1.71. The molecule has 0 aromatic heterocycles. The molecular weight excluding hydrogens is 317 g/mol. The summed E-state index contributed by atoms with van der Waals surface area (Å²) in [7, 11) is 0. The van der Waals surface area contributed by atoms with Gasteiger partial charge in [-0.3, -0.25) is 10.1 Å². The third kappa shape index (κ3) is 2.90. The molecule has 0 spiro atoms. The third-order valence-electron chi connectivity index (χ3n) is 2.50. The Kier molecular flexibility index (Phi) is 3.80. The van der Waals surface area contributed by atoms with Crippen LogP contribution in [0.25, 0.3) is 0 Å². The molecule has 0 unspecified atom stereocenters. The lowest BCUT2D eigenvalue weighted by molar-refractivity contribution is -0.385. The third-order valence-corrected chi connectivity index (χ3v) is 3.11. The number of benzene rings is 2. The summed E-state index contributed by atoms with van der Waals surface area (Å²) in [6.07, 6.45) is 0. The van der Waals surface area contributed by atoms with Crippen LogP contribution in [0.2, 0.25) is 0 Å². The summed E-state index contributed by atoms with van der Waals surface area (Å²) >= 11 is 3.04. The van der Waals surface area contributed by atoms with Crippen molar-refractivity contribution >= 4 is 21.6 Å². The summed E-state index contributed by atoms with van der Waals surface area (Å²) in [4.78, 5) is 10.4. The molecule has 0 saturated heterocycles. The monoisotopic (exact) mass is 325 g/mol. The van der Waals surface area contributed by atoms with Crippen LogP contribution >= 0.6 is 15.9 Å².